The second-order valence-electron chi connectivity index (χ2n) is 4.14. The summed E-state index contributed by atoms with van der Waals surface area (Å²) in [6, 6.07) is 7.48. The van der Waals surface area contributed by atoms with E-state index in [1.165, 1.54) is 6.08 Å². The van der Waals surface area contributed by atoms with Crippen LogP contribution in [0.1, 0.15) is 16.8 Å². The van der Waals surface area contributed by atoms with Crippen molar-refractivity contribution in [2.75, 3.05) is 0 Å². The first-order valence-electron chi connectivity index (χ1n) is 5.85. The molecule has 0 saturated carbocycles. The highest BCUT2D eigenvalue weighted by Crippen LogP contribution is 2.17. The quantitative estimate of drug-likeness (QED) is 0.843. The molecule has 0 aliphatic heterocycles. The molecule has 2 aromatic rings. The summed E-state index contributed by atoms with van der Waals surface area (Å²) in [5, 5.41) is 10.0. The highest BCUT2D eigenvalue weighted by atomic mass is 35.5. The van der Waals surface area contributed by atoms with Gasteiger partial charge >= 0.3 is 0 Å². The van der Waals surface area contributed by atoms with Crippen molar-refractivity contribution in [3.05, 3.63) is 58.4 Å². The lowest BCUT2D eigenvalue weighted by Crippen LogP contribution is -2.20. The van der Waals surface area contributed by atoms with Crippen molar-refractivity contribution in [3.63, 3.8) is 0 Å². The summed E-state index contributed by atoms with van der Waals surface area (Å²) in [6.07, 6.45) is 4.86. The van der Waals surface area contributed by atoms with Gasteiger partial charge in [-0.25, -0.2) is 0 Å². The number of amides is 1. The minimum absolute atomic E-state index is 0.161. The number of hydrogen-bond donors (Lipinski definition) is 2. The Morgan fingerprint density at radius 3 is 3.00 bits per heavy atom. The largest absolute Gasteiger partial charge is 0.347 e. The number of carbonyl (C=O) groups is 1. The molecule has 0 saturated heterocycles. The Balaban J connectivity index is 1.90. The van der Waals surface area contributed by atoms with E-state index in [0.717, 1.165) is 16.8 Å². The predicted molar refractivity (Wildman–Crippen MR) is 75.7 cm³/mol. The third-order valence-electron chi connectivity index (χ3n) is 2.63. The monoisotopic (exact) mass is 275 g/mol. The van der Waals surface area contributed by atoms with Crippen molar-refractivity contribution >= 4 is 23.6 Å². The first-order chi connectivity index (χ1) is 9.15. The van der Waals surface area contributed by atoms with Gasteiger partial charge in [0.15, 0.2) is 0 Å². The Labute approximate surface area is 116 Å². The zero-order chi connectivity index (χ0) is 13.7. The van der Waals surface area contributed by atoms with Crippen molar-refractivity contribution in [1.82, 2.24) is 15.5 Å². The van der Waals surface area contributed by atoms with E-state index in [-0.39, 0.29) is 5.91 Å². The lowest BCUT2D eigenvalue weighted by Gasteiger charge is -2.00. The lowest BCUT2D eigenvalue weighted by atomic mass is 10.1. The van der Waals surface area contributed by atoms with Crippen LogP contribution >= 0.6 is 11.6 Å². The van der Waals surface area contributed by atoms with Crippen LogP contribution in [-0.2, 0) is 11.3 Å². The van der Waals surface area contributed by atoms with E-state index >= 15 is 0 Å². The van der Waals surface area contributed by atoms with Gasteiger partial charge in [0.25, 0.3) is 0 Å². The molecule has 1 heterocycles. The lowest BCUT2D eigenvalue weighted by molar-refractivity contribution is -0.116. The van der Waals surface area contributed by atoms with Crippen LogP contribution in [0.15, 0.2) is 36.5 Å². The minimum atomic E-state index is -0.161. The molecule has 0 aliphatic carbocycles. The van der Waals surface area contributed by atoms with Gasteiger partial charge < -0.3 is 5.32 Å². The third-order valence-corrected chi connectivity index (χ3v) is 3.04. The number of carbonyl (C=O) groups excluding carboxylic acids is 1. The van der Waals surface area contributed by atoms with Crippen LogP contribution in [-0.4, -0.2) is 16.1 Å². The van der Waals surface area contributed by atoms with Crippen LogP contribution in [0.2, 0.25) is 5.02 Å². The number of rotatable bonds is 4. The molecule has 4 nitrogen and oxygen atoms in total. The van der Waals surface area contributed by atoms with Crippen molar-refractivity contribution < 1.29 is 4.79 Å². The predicted octanol–water partition coefficient (Wildman–Crippen LogP) is 2.70. The Bertz CT molecular complexity index is 591. The number of aryl methyl sites for hydroxylation is 1. The molecular weight excluding hydrogens is 262 g/mol. The Morgan fingerprint density at radius 2 is 2.32 bits per heavy atom. The maximum atomic E-state index is 11.6. The van der Waals surface area contributed by atoms with Gasteiger partial charge in [0.1, 0.15) is 0 Å². The first-order valence-corrected chi connectivity index (χ1v) is 6.23. The van der Waals surface area contributed by atoms with Crippen LogP contribution in [0.5, 0.6) is 0 Å². The molecule has 0 fully saturated rings. The van der Waals surface area contributed by atoms with E-state index in [9.17, 15) is 4.79 Å². The second kappa shape index (κ2) is 6.20. The fourth-order valence-corrected chi connectivity index (χ4v) is 1.70. The second-order valence-corrected chi connectivity index (χ2v) is 4.55. The van der Waals surface area contributed by atoms with Crippen molar-refractivity contribution in [2.45, 2.75) is 13.5 Å². The molecule has 98 valence electrons. The van der Waals surface area contributed by atoms with Crippen LogP contribution < -0.4 is 5.32 Å². The van der Waals surface area contributed by atoms with Crippen LogP contribution in [0.4, 0.5) is 0 Å². The number of aromatic amines is 1. The molecule has 0 radical (unpaired) electrons. The number of halogens is 1. The van der Waals surface area contributed by atoms with Crippen LogP contribution in [0.25, 0.3) is 6.08 Å². The first kappa shape index (κ1) is 13.4. The minimum Gasteiger partial charge on any atom is -0.347 e. The SMILES string of the molecule is Cc1ccc(C=CC(=O)NCc2ccn[nH]2)cc1Cl. The van der Waals surface area contributed by atoms with E-state index in [0.29, 0.717) is 11.6 Å². The van der Waals surface area contributed by atoms with Gasteiger partial charge in [-0.15, -0.1) is 0 Å². The topological polar surface area (TPSA) is 57.8 Å². The molecule has 0 bridgehead atoms. The van der Waals surface area contributed by atoms with Gasteiger partial charge in [-0.2, -0.15) is 5.10 Å². The maximum absolute atomic E-state index is 11.6. The van der Waals surface area contributed by atoms with E-state index in [4.69, 9.17) is 11.6 Å². The van der Waals surface area contributed by atoms with Gasteiger partial charge in [0.2, 0.25) is 5.91 Å². The van der Waals surface area contributed by atoms with Gasteiger partial charge in [-0.05, 0) is 36.3 Å². The summed E-state index contributed by atoms with van der Waals surface area (Å²) in [7, 11) is 0. The molecule has 2 N–H and O–H groups in total. The highest BCUT2D eigenvalue weighted by molar-refractivity contribution is 6.31. The zero-order valence-electron chi connectivity index (χ0n) is 10.5. The summed E-state index contributed by atoms with van der Waals surface area (Å²) >= 11 is 6.01. The zero-order valence-corrected chi connectivity index (χ0v) is 11.2. The maximum Gasteiger partial charge on any atom is 0.244 e. The van der Waals surface area contributed by atoms with E-state index in [2.05, 4.69) is 15.5 Å². The summed E-state index contributed by atoms with van der Waals surface area (Å²) in [5.74, 6) is -0.161. The summed E-state index contributed by atoms with van der Waals surface area (Å²) in [5.41, 5.74) is 2.77. The van der Waals surface area contributed by atoms with Crippen molar-refractivity contribution in [1.29, 1.82) is 0 Å². The average molecular weight is 276 g/mol. The third kappa shape index (κ3) is 3.96. The molecule has 0 aliphatic rings. The average Bonchev–Trinajstić information content (AvgIpc) is 2.91. The van der Waals surface area contributed by atoms with Crippen molar-refractivity contribution in [2.24, 2.45) is 0 Å². The molecule has 1 aromatic heterocycles. The molecule has 0 spiro atoms. The fraction of sp³-hybridized carbons (Fsp3) is 0.143. The summed E-state index contributed by atoms with van der Waals surface area (Å²) in [4.78, 5) is 11.6. The fourth-order valence-electron chi connectivity index (χ4n) is 1.51. The molecule has 1 aromatic carbocycles. The molecule has 0 unspecified atom stereocenters. The van der Waals surface area contributed by atoms with Crippen LogP contribution in [0, 0.1) is 6.92 Å². The Kier molecular flexibility index (Phi) is 4.36. The molecule has 0 atom stereocenters. The molecular formula is C14H14ClN3O. The summed E-state index contributed by atoms with van der Waals surface area (Å²) < 4.78 is 0. The van der Waals surface area contributed by atoms with Gasteiger partial charge in [-0.1, -0.05) is 23.7 Å². The molecule has 5 heteroatoms. The number of hydrogen-bond acceptors (Lipinski definition) is 2. The highest BCUT2D eigenvalue weighted by Gasteiger charge is 1.98. The Hall–Kier alpha value is -2.07. The smallest absolute Gasteiger partial charge is 0.244 e. The molecule has 19 heavy (non-hydrogen) atoms. The van der Waals surface area contributed by atoms with Gasteiger partial charge in [0, 0.05) is 17.3 Å². The number of nitrogens with one attached hydrogen (secondary N) is 2. The normalized spacial score (nSPS) is 10.8. The van der Waals surface area contributed by atoms with Crippen molar-refractivity contribution in [3.8, 4) is 0 Å². The molecule has 1 amide bonds. The number of aromatic nitrogens is 2. The number of H-pyrrole nitrogens is 1. The number of nitrogens with zero attached hydrogens (tertiary/aromatic N) is 1. The van der Waals surface area contributed by atoms with E-state index in [1.807, 2.05) is 31.2 Å². The molecule has 2 rings (SSSR count). The van der Waals surface area contributed by atoms with Gasteiger partial charge in [-0.3, -0.25) is 9.89 Å². The number of benzene rings is 1. The summed E-state index contributed by atoms with van der Waals surface area (Å²) in [6.45, 7) is 2.37. The van der Waals surface area contributed by atoms with E-state index in [1.54, 1.807) is 12.3 Å². The van der Waals surface area contributed by atoms with Gasteiger partial charge in [0.05, 0.1) is 12.2 Å². The van der Waals surface area contributed by atoms with E-state index < -0.39 is 0 Å². The van der Waals surface area contributed by atoms with Crippen LogP contribution in [0.3, 0.4) is 0 Å². The standard InChI is InChI=1S/C14H14ClN3O/c1-10-2-3-11(8-13(10)15)4-5-14(19)16-9-12-6-7-17-18-12/h2-8H,9H2,1H3,(H,16,19)(H,17,18). The Morgan fingerprint density at radius 1 is 1.47 bits per heavy atom.